The van der Waals surface area contributed by atoms with Crippen molar-refractivity contribution in [1.82, 2.24) is 15.2 Å². The lowest BCUT2D eigenvalue weighted by atomic mass is 10.3. The third-order valence-corrected chi connectivity index (χ3v) is 3.03. The fraction of sp³-hybridized carbons (Fsp3) is 0.250. The molecule has 0 aliphatic carbocycles. The summed E-state index contributed by atoms with van der Waals surface area (Å²) in [4.78, 5) is 4.20. The predicted molar refractivity (Wildman–Crippen MR) is 70.1 cm³/mol. The van der Waals surface area contributed by atoms with Gasteiger partial charge in [0, 0.05) is 0 Å². The topological polar surface area (TPSA) is 57.1 Å². The molecule has 5 nitrogen and oxygen atoms in total. The normalized spacial score (nSPS) is 10.2. The zero-order valence-corrected chi connectivity index (χ0v) is 11.9. The number of benzene rings is 1. The first kappa shape index (κ1) is 12.8. The first-order valence-electron chi connectivity index (χ1n) is 5.29. The predicted octanol–water partition coefficient (Wildman–Crippen LogP) is 3.05. The zero-order valence-electron chi connectivity index (χ0n) is 10.3. The van der Waals surface area contributed by atoms with E-state index in [0.29, 0.717) is 5.75 Å². The number of halogens is 1. The Morgan fingerprint density at radius 2 is 1.89 bits per heavy atom. The minimum atomic E-state index is 0.226. The van der Waals surface area contributed by atoms with Crippen molar-refractivity contribution in [1.29, 1.82) is 0 Å². The Balaban J connectivity index is 2.25. The van der Waals surface area contributed by atoms with E-state index in [4.69, 9.17) is 9.47 Å². The van der Waals surface area contributed by atoms with Gasteiger partial charge in [-0.1, -0.05) is 5.10 Å². The summed E-state index contributed by atoms with van der Waals surface area (Å²) in [6, 6.07) is 5.61. The molecule has 0 amide bonds. The smallest absolute Gasteiger partial charge is 0.341 e. The second-order valence-electron chi connectivity index (χ2n) is 3.66. The fourth-order valence-electron chi connectivity index (χ4n) is 1.27. The van der Waals surface area contributed by atoms with Crippen molar-refractivity contribution < 1.29 is 9.47 Å². The molecule has 0 radical (unpaired) electrons. The highest BCUT2D eigenvalue weighted by molar-refractivity contribution is 9.10. The van der Waals surface area contributed by atoms with Crippen LogP contribution in [0.3, 0.4) is 0 Å². The van der Waals surface area contributed by atoms with Crippen LogP contribution in [-0.2, 0) is 0 Å². The van der Waals surface area contributed by atoms with E-state index in [1.165, 1.54) is 0 Å². The highest BCUT2D eigenvalue weighted by Gasteiger charge is 2.08. The average molecular weight is 310 g/mol. The van der Waals surface area contributed by atoms with Crippen molar-refractivity contribution >= 4 is 15.9 Å². The molecule has 94 valence electrons. The average Bonchev–Trinajstić information content (AvgIpc) is 2.36. The van der Waals surface area contributed by atoms with Crippen LogP contribution in [0.5, 0.6) is 17.5 Å². The van der Waals surface area contributed by atoms with E-state index in [1.54, 1.807) is 19.2 Å². The van der Waals surface area contributed by atoms with Gasteiger partial charge >= 0.3 is 6.01 Å². The van der Waals surface area contributed by atoms with Gasteiger partial charge in [0.05, 0.1) is 23.0 Å². The van der Waals surface area contributed by atoms with Crippen LogP contribution < -0.4 is 9.47 Å². The number of methoxy groups -OCH3 is 1. The van der Waals surface area contributed by atoms with Gasteiger partial charge in [0.1, 0.15) is 11.5 Å². The molecule has 0 saturated heterocycles. The summed E-state index contributed by atoms with van der Waals surface area (Å²) in [6.45, 7) is 3.71. The summed E-state index contributed by atoms with van der Waals surface area (Å²) in [5.74, 6) is 1.36. The van der Waals surface area contributed by atoms with Crippen LogP contribution in [-0.4, -0.2) is 22.3 Å². The highest BCUT2D eigenvalue weighted by Crippen LogP contribution is 2.31. The number of nitrogens with zero attached hydrogens (tertiary/aromatic N) is 3. The maximum absolute atomic E-state index is 5.56. The van der Waals surface area contributed by atoms with Gasteiger partial charge in [-0.3, -0.25) is 0 Å². The molecule has 0 atom stereocenters. The SMILES string of the molecule is COc1ccc(Oc2nnc(C)c(C)n2)c(Br)c1. The van der Waals surface area contributed by atoms with E-state index in [-0.39, 0.29) is 6.01 Å². The number of aromatic nitrogens is 3. The Bertz CT molecular complexity index is 575. The number of hydrogen-bond acceptors (Lipinski definition) is 5. The number of hydrogen-bond donors (Lipinski definition) is 0. The molecular formula is C12H12BrN3O2. The fourth-order valence-corrected chi connectivity index (χ4v) is 1.71. The Kier molecular flexibility index (Phi) is 3.76. The molecule has 1 aromatic heterocycles. The summed E-state index contributed by atoms with van der Waals surface area (Å²) >= 11 is 3.40. The molecule has 0 saturated carbocycles. The number of ether oxygens (including phenoxy) is 2. The summed E-state index contributed by atoms with van der Waals surface area (Å²) in [5, 5.41) is 7.84. The second-order valence-corrected chi connectivity index (χ2v) is 4.52. The summed E-state index contributed by atoms with van der Waals surface area (Å²) in [7, 11) is 1.61. The minimum Gasteiger partial charge on any atom is -0.497 e. The molecular weight excluding hydrogens is 298 g/mol. The molecule has 0 N–H and O–H groups in total. The molecule has 6 heteroatoms. The van der Waals surface area contributed by atoms with Gasteiger partial charge in [-0.15, -0.1) is 5.10 Å². The van der Waals surface area contributed by atoms with Crippen molar-refractivity contribution in [2.75, 3.05) is 7.11 Å². The lowest BCUT2D eigenvalue weighted by Crippen LogP contribution is -1.99. The standard InChI is InChI=1S/C12H12BrN3O2/c1-7-8(2)15-16-12(14-7)18-11-5-4-9(17-3)6-10(11)13/h4-6H,1-3H3. The second kappa shape index (κ2) is 5.30. The molecule has 0 aliphatic rings. The van der Waals surface area contributed by atoms with Gasteiger partial charge in [0.25, 0.3) is 0 Å². The molecule has 0 unspecified atom stereocenters. The molecule has 0 bridgehead atoms. The van der Waals surface area contributed by atoms with E-state index in [1.807, 2.05) is 19.9 Å². The van der Waals surface area contributed by atoms with E-state index >= 15 is 0 Å². The van der Waals surface area contributed by atoms with Crippen molar-refractivity contribution in [2.45, 2.75) is 13.8 Å². The van der Waals surface area contributed by atoms with Crippen molar-refractivity contribution in [3.63, 3.8) is 0 Å². The summed E-state index contributed by atoms with van der Waals surface area (Å²) in [6.07, 6.45) is 0. The van der Waals surface area contributed by atoms with Gasteiger partial charge in [0.15, 0.2) is 0 Å². The van der Waals surface area contributed by atoms with Gasteiger partial charge in [-0.25, -0.2) is 0 Å². The monoisotopic (exact) mass is 309 g/mol. The quantitative estimate of drug-likeness (QED) is 0.872. The van der Waals surface area contributed by atoms with E-state index in [2.05, 4.69) is 31.1 Å². The van der Waals surface area contributed by atoms with Gasteiger partial charge < -0.3 is 9.47 Å². The minimum absolute atomic E-state index is 0.226. The highest BCUT2D eigenvalue weighted by atomic mass is 79.9. The maximum Gasteiger partial charge on any atom is 0.341 e. The first-order valence-corrected chi connectivity index (χ1v) is 6.09. The molecule has 2 aromatic rings. The lowest BCUT2D eigenvalue weighted by molar-refractivity contribution is 0.407. The van der Waals surface area contributed by atoms with E-state index in [9.17, 15) is 0 Å². The Labute approximate surface area is 113 Å². The molecule has 1 aromatic carbocycles. The van der Waals surface area contributed by atoms with Crippen LogP contribution in [0, 0.1) is 13.8 Å². The Morgan fingerprint density at radius 3 is 2.50 bits per heavy atom. The van der Waals surface area contributed by atoms with Crippen LogP contribution in [0.1, 0.15) is 11.4 Å². The molecule has 18 heavy (non-hydrogen) atoms. The maximum atomic E-state index is 5.56. The lowest BCUT2D eigenvalue weighted by Gasteiger charge is -2.07. The Morgan fingerprint density at radius 1 is 1.11 bits per heavy atom. The van der Waals surface area contributed by atoms with E-state index < -0.39 is 0 Å². The van der Waals surface area contributed by atoms with Crippen LogP contribution in [0.2, 0.25) is 0 Å². The van der Waals surface area contributed by atoms with Crippen LogP contribution >= 0.6 is 15.9 Å². The van der Waals surface area contributed by atoms with Crippen molar-refractivity contribution in [3.8, 4) is 17.5 Å². The zero-order chi connectivity index (χ0) is 13.1. The van der Waals surface area contributed by atoms with Crippen LogP contribution in [0.25, 0.3) is 0 Å². The Hall–Kier alpha value is -1.69. The largest absolute Gasteiger partial charge is 0.497 e. The van der Waals surface area contributed by atoms with Crippen molar-refractivity contribution in [2.24, 2.45) is 0 Å². The summed E-state index contributed by atoms with van der Waals surface area (Å²) < 4.78 is 11.4. The molecule has 2 rings (SSSR count). The third kappa shape index (κ3) is 2.76. The first-order chi connectivity index (χ1) is 8.60. The number of aryl methyl sites for hydroxylation is 2. The van der Waals surface area contributed by atoms with E-state index in [0.717, 1.165) is 21.6 Å². The molecule has 0 aliphatic heterocycles. The van der Waals surface area contributed by atoms with Crippen LogP contribution in [0.15, 0.2) is 22.7 Å². The van der Waals surface area contributed by atoms with Gasteiger partial charge in [-0.05, 0) is 48.0 Å². The summed E-state index contributed by atoms with van der Waals surface area (Å²) in [5.41, 5.74) is 1.58. The molecule has 0 fully saturated rings. The third-order valence-electron chi connectivity index (χ3n) is 2.41. The molecule has 1 heterocycles. The number of rotatable bonds is 3. The van der Waals surface area contributed by atoms with Crippen LogP contribution in [0.4, 0.5) is 0 Å². The van der Waals surface area contributed by atoms with Gasteiger partial charge in [-0.2, -0.15) is 4.98 Å². The van der Waals surface area contributed by atoms with Crippen molar-refractivity contribution in [3.05, 3.63) is 34.1 Å². The molecule has 0 spiro atoms. The van der Waals surface area contributed by atoms with Gasteiger partial charge in [0.2, 0.25) is 0 Å².